The standard InChI is InChI=1S/C17H14N4O3S/c22-16(23)14-9-5-4-6-12(14)10-18-21-15(19-20-17(21)25)11-24-13-7-2-1-3-8-13/h1-10H,11H2,(H,20,25)(H,22,23)/b18-10-. The Labute approximate surface area is 148 Å². The first-order valence-electron chi connectivity index (χ1n) is 7.36. The lowest BCUT2D eigenvalue weighted by atomic mass is 10.1. The van der Waals surface area contributed by atoms with Crippen LogP contribution in [0.3, 0.4) is 0 Å². The molecule has 2 N–H and O–H groups in total. The van der Waals surface area contributed by atoms with E-state index >= 15 is 0 Å². The lowest BCUT2D eigenvalue weighted by Crippen LogP contribution is -2.05. The largest absolute Gasteiger partial charge is 0.486 e. The molecule has 0 spiro atoms. The third-order valence-electron chi connectivity index (χ3n) is 3.33. The van der Waals surface area contributed by atoms with Gasteiger partial charge in [0.1, 0.15) is 12.4 Å². The number of rotatable bonds is 6. The topological polar surface area (TPSA) is 92.5 Å². The summed E-state index contributed by atoms with van der Waals surface area (Å²) in [6, 6.07) is 15.9. The summed E-state index contributed by atoms with van der Waals surface area (Å²) < 4.78 is 7.33. The molecule has 2 aromatic carbocycles. The van der Waals surface area contributed by atoms with Crippen LogP contribution >= 0.6 is 12.2 Å². The highest BCUT2D eigenvalue weighted by Crippen LogP contribution is 2.11. The predicted molar refractivity (Wildman–Crippen MR) is 94.6 cm³/mol. The average molecular weight is 354 g/mol. The molecule has 3 rings (SSSR count). The van der Waals surface area contributed by atoms with Crippen molar-refractivity contribution in [1.82, 2.24) is 14.9 Å². The Balaban J connectivity index is 1.83. The van der Waals surface area contributed by atoms with Gasteiger partial charge in [0.05, 0.1) is 11.8 Å². The van der Waals surface area contributed by atoms with Crippen LogP contribution in [0.2, 0.25) is 0 Å². The highest BCUT2D eigenvalue weighted by Gasteiger charge is 2.09. The minimum absolute atomic E-state index is 0.156. The molecule has 8 heteroatoms. The van der Waals surface area contributed by atoms with Crippen molar-refractivity contribution in [3.63, 3.8) is 0 Å². The summed E-state index contributed by atoms with van der Waals surface area (Å²) in [6.45, 7) is 0.162. The molecule has 0 saturated carbocycles. The van der Waals surface area contributed by atoms with Gasteiger partial charge in [0.15, 0.2) is 5.82 Å². The van der Waals surface area contributed by atoms with Crippen molar-refractivity contribution in [1.29, 1.82) is 0 Å². The fourth-order valence-electron chi connectivity index (χ4n) is 2.13. The fourth-order valence-corrected chi connectivity index (χ4v) is 2.32. The first-order chi connectivity index (χ1) is 12.1. The first kappa shape index (κ1) is 16.6. The number of hydrogen-bond acceptors (Lipinski definition) is 5. The molecule has 0 aliphatic heterocycles. The SMILES string of the molecule is O=C(O)c1ccccc1/C=N\n1c(COc2ccccc2)n[nH]c1=S. The molecule has 0 saturated heterocycles. The number of benzene rings is 2. The molecule has 7 nitrogen and oxygen atoms in total. The van der Waals surface area contributed by atoms with Gasteiger partial charge in [-0.15, -0.1) is 0 Å². The van der Waals surface area contributed by atoms with E-state index in [9.17, 15) is 9.90 Å². The Morgan fingerprint density at radius 2 is 1.96 bits per heavy atom. The second-order valence-electron chi connectivity index (χ2n) is 5.00. The number of H-pyrrole nitrogens is 1. The molecule has 126 valence electrons. The zero-order valence-corrected chi connectivity index (χ0v) is 13.8. The summed E-state index contributed by atoms with van der Waals surface area (Å²) in [7, 11) is 0. The maximum absolute atomic E-state index is 11.2. The van der Waals surface area contributed by atoms with Crippen molar-refractivity contribution in [2.24, 2.45) is 5.10 Å². The average Bonchev–Trinajstić information content (AvgIpc) is 2.99. The van der Waals surface area contributed by atoms with Crippen LogP contribution in [0.15, 0.2) is 59.7 Å². The monoisotopic (exact) mass is 354 g/mol. The van der Waals surface area contributed by atoms with Crippen LogP contribution in [-0.4, -0.2) is 32.2 Å². The van der Waals surface area contributed by atoms with Gasteiger partial charge >= 0.3 is 5.97 Å². The Kier molecular flexibility index (Phi) is 5.00. The lowest BCUT2D eigenvalue weighted by Gasteiger charge is -2.05. The molecular weight excluding hydrogens is 340 g/mol. The van der Waals surface area contributed by atoms with Gasteiger partial charge in [0.25, 0.3) is 0 Å². The lowest BCUT2D eigenvalue weighted by molar-refractivity contribution is 0.0696. The second-order valence-corrected chi connectivity index (χ2v) is 5.38. The Bertz CT molecular complexity index is 963. The van der Waals surface area contributed by atoms with Crippen LogP contribution < -0.4 is 4.74 Å². The molecule has 0 amide bonds. The van der Waals surface area contributed by atoms with Gasteiger partial charge < -0.3 is 9.84 Å². The minimum atomic E-state index is -1.02. The Hall–Kier alpha value is -3.26. The summed E-state index contributed by atoms with van der Waals surface area (Å²) >= 11 is 5.16. The van der Waals surface area contributed by atoms with Crippen LogP contribution in [0.1, 0.15) is 21.7 Å². The third-order valence-corrected chi connectivity index (χ3v) is 3.60. The van der Waals surface area contributed by atoms with Gasteiger partial charge in [0, 0.05) is 5.56 Å². The third kappa shape index (κ3) is 3.99. The molecule has 0 atom stereocenters. The van der Waals surface area contributed by atoms with Gasteiger partial charge in [-0.05, 0) is 30.4 Å². The predicted octanol–water partition coefficient (Wildman–Crippen LogP) is 3.10. The second kappa shape index (κ2) is 7.54. The van der Waals surface area contributed by atoms with Crippen LogP contribution in [0.4, 0.5) is 0 Å². The molecule has 0 fully saturated rings. The Morgan fingerprint density at radius 3 is 2.72 bits per heavy atom. The Morgan fingerprint density at radius 1 is 1.24 bits per heavy atom. The van der Waals surface area contributed by atoms with Gasteiger partial charge in [-0.2, -0.15) is 14.9 Å². The highest BCUT2D eigenvalue weighted by atomic mass is 32.1. The van der Waals surface area contributed by atoms with E-state index in [-0.39, 0.29) is 16.9 Å². The number of nitrogens with one attached hydrogen (secondary N) is 1. The number of para-hydroxylation sites is 1. The molecular formula is C17H14N4O3S. The first-order valence-corrected chi connectivity index (χ1v) is 7.77. The number of aromatic carboxylic acids is 1. The zero-order chi connectivity index (χ0) is 17.6. The number of ether oxygens (including phenoxy) is 1. The van der Waals surface area contributed by atoms with Crippen molar-refractivity contribution in [2.75, 3.05) is 0 Å². The normalized spacial score (nSPS) is 10.9. The van der Waals surface area contributed by atoms with E-state index in [0.29, 0.717) is 17.1 Å². The number of carbonyl (C=O) groups is 1. The summed E-state index contributed by atoms with van der Waals surface area (Å²) in [5.74, 6) is 0.145. The van der Waals surface area contributed by atoms with Gasteiger partial charge in [-0.3, -0.25) is 0 Å². The number of nitrogens with zero attached hydrogens (tertiary/aromatic N) is 3. The summed E-state index contributed by atoms with van der Waals surface area (Å²) in [5, 5.41) is 20.2. The van der Waals surface area contributed by atoms with E-state index in [4.69, 9.17) is 17.0 Å². The van der Waals surface area contributed by atoms with Crippen molar-refractivity contribution < 1.29 is 14.6 Å². The molecule has 3 aromatic rings. The zero-order valence-electron chi connectivity index (χ0n) is 13.0. The molecule has 0 bridgehead atoms. The smallest absolute Gasteiger partial charge is 0.336 e. The molecule has 0 radical (unpaired) electrons. The van der Waals surface area contributed by atoms with Crippen molar-refractivity contribution in [3.05, 3.63) is 76.3 Å². The fraction of sp³-hybridized carbons (Fsp3) is 0.0588. The van der Waals surface area contributed by atoms with Gasteiger partial charge in [0.2, 0.25) is 4.77 Å². The number of carboxylic acid groups (broad SMARTS) is 1. The van der Waals surface area contributed by atoms with Gasteiger partial charge in [-0.1, -0.05) is 36.4 Å². The maximum Gasteiger partial charge on any atom is 0.336 e. The molecule has 0 aliphatic rings. The number of aromatic amines is 1. The minimum Gasteiger partial charge on any atom is -0.486 e. The molecule has 1 heterocycles. The molecule has 0 unspecified atom stereocenters. The van der Waals surface area contributed by atoms with Crippen molar-refractivity contribution >= 4 is 24.4 Å². The van der Waals surface area contributed by atoms with E-state index in [0.717, 1.165) is 0 Å². The van der Waals surface area contributed by atoms with E-state index in [2.05, 4.69) is 15.3 Å². The molecule has 0 aliphatic carbocycles. The quantitative estimate of drug-likeness (QED) is 0.524. The van der Waals surface area contributed by atoms with Gasteiger partial charge in [-0.25, -0.2) is 9.89 Å². The van der Waals surface area contributed by atoms with E-state index in [1.807, 2.05) is 30.3 Å². The number of hydrogen-bond donors (Lipinski definition) is 2. The highest BCUT2D eigenvalue weighted by molar-refractivity contribution is 7.71. The van der Waals surface area contributed by atoms with Crippen molar-refractivity contribution in [2.45, 2.75) is 6.61 Å². The van der Waals surface area contributed by atoms with Crippen molar-refractivity contribution in [3.8, 4) is 5.75 Å². The van der Waals surface area contributed by atoms with Crippen LogP contribution in [-0.2, 0) is 6.61 Å². The summed E-state index contributed by atoms with van der Waals surface area (Å²) in [5.41, 5.74) is 0.622. The summed E-state index contributed by atoms with van der Waals surface area (Å²) in [6.07, 6.45) is 1.43. The van der Waals surface area contributed by atoms with E-state index < -0.39 is 5.97 Å². The van der Waals surface area contributed by atoms with Crippen LogP contribution in [0, 0.1) is 4.77 Å². The summed E-state index contributed by atoms with van der Waals surface area (Å²) in [4.78, 5) is 11.2. The van der Waals surface area contributed by atoms with Crippen LogP contribution in [0.5, 0.6) is 5.75 Å². The maximum atomic E-state index is 11.2. The van der Waals surface area contributed by atoms with E-state index in [1.54, 1.807) is 18.2 Å². The number of carboxylic acids is 1. The van der Waals surface area contributed by atoms with Crippen LogP contribution in [0.25, 0.3) is 0 Å². The van der Waals surface area contributed by atoms with E-state index in [1.165, 1.54) is 17.0 Å². The number of aromatic nitrogens is 3. The molecule has 25 heavy (non-hydrogen) atoms. The molecule has 1 aromatic heterocycles.